The van der Waals surface area contributed by atoms with Gasteiger partial charge in [0.15, 0.2) is 0 Å². The van der Waals surface area contributed by atoms with Crippen molar-refractivity contribution in [3.05, 3.63) is 35.4 Å². The SMILES string of the molecule is CC(CCN)NCc1cc(F)cc(F)c1. The van der Waals surface area contributed by atoms with Crippen molar-refractivity contribution in [2.75, 3.05) is 6.54 Å². The molecule has 0 aliphatic carbocycles. The molecule has 1 aromatic carbocycles. The molecule has 0 aliphatic rings. The van der Waals surface area contributed by atoms with Crippen LogP contribution in [0.2, 0.25) is 0 Å². The van der Waals surface area contributed by atoms with E-state index in [0.717, 1.165) is 12.5 Å². The number of benzene rings is 1. The molecule has 1 atom stereocenters. The van der Waals surface area contributed by atoms with E-state index < -0.39 is 11.6 Å². The van der Waals surface area contributed by atoms with Crippen molar-refractivity contribution < 1.29 is 8.78 Å². The summed E-state index contributed by atoms with van der Waals surface area (Å²) in [6.07, 6.45) is 0.845. The monoisotopic (exact) mass is 214 g/mol. The van der Waals surface area contributed by atoms with Crippen LogP contribution in [-0.2, 0) is 6.54 Å². The van der Waals surface area contributed by atoms with Crippen LogP contribution in [0.4, 0.5) is 8.78 Å². The van der Waals surface area contributed by atoms with Gasteiger partial charge in [-0.3, -0.25) is 0 Å². The van der Waals surface area contributed by atoms with Crippen LogP contribution < -0.4 is 11.1 Å². The molecule has 15 heavy (non-hydrogen) atoms. The van der Waals surface area contributed by atoms with Gasteiger partial charge in [0.1, 0.15) is 11.6 Å². The average molecular weight is 214 g/mol. The molecule has 0 bridgehead atoms. The van der Waals surface area contributed by atoms with Crippen molar-refractivity contribution in [1.29, 1.82) is 0 Å². The Kier molecular flexibility index (Phi) is 4.65. The minimum absolute atomic E-state index is 0.251. The van der Waals surface area contributed by atoms with Crippen molar-refractivity contribution in [2.24, 2.45) is 5.73 Å². The summed E-state index contributed by atoms with van der Waals surface area (Å²) in [5.74, 6) is -1.09. The standard InChI is InChI=1S/C11H16F2N2/c1-8(2-3-14)15-7-9-4-10(12)6-11(13)5-9/h4-6,8,15H,2-3,7,14H2,1H3. The van der Waals surface area contributed by atoms with Crippen LogP contribution in [0.15, 0.2) is 18.2 Å². The summed E-state index contributed by atoms with van der Waals surface area (Å²) in [7, 11) is 0. The molecule has 4 heteroatoms. The van der Waals surface area contributed by atoms with Gasteiger partial charge in [-0.15, -0.1) is 0 Å². The lowest BCUT2D eigenvalue weighted by Crippen LogP contribution is -2.27. The van der Waals surface area contributed by atoms with Gasteiger partial charge in [0.05, 0.1) is 0 Å². The molecule has 1 rings (SSSR count). The summed E-state index contributed by atoms with van der Waals surface area (Å²) in [5, 5.41) is 3.14. The number of rotatable bonds is 5. The Hall–Kier alpha value is -1.00. The first-order valence-electron chi connectivity index (χ1n) is 5.00. The van der Waals surface area contributed by atoms with Gasteiger partial charge < -0.3 is 11.1 Å². The van der Waals surface area contributed by atoms with Crippen molar-refractivity contribution in [3.63, 3.8) is 0 Å². The summed E-state index contributed by atoms with van der Waals surface area (Å²) in [6.45, 7) is 3.05. The summed E-state index contributed by atoms with van der Waals surface area (Å²) in [5.41, 5.74) is 5.99. The van der Waals surface area contributed by atoms with E-state index in [1.165, 1.54) is 12.1 Å². The fraction of sp³-hybridized carbons (Fsp3) is 0.455. The summed E-state index contributed by atoms with van der Waals surface area (Å²) in [4.78, 5) is 0. The van der Waals surface area contributed by atoms with Gasteiger partial charge >= 0.3 is 0 Å². The lowest BCUT2D eigenvalue weighted by atomic mass is 10.2. The first-order valence-corrected chi connectivity index (χ1v) is 5.00. The van der Waals surface area contributed by atoms with Crippen LogP contribution in [0.3, 0.4) is 0 Å². The number of hydrogen-bond donors (Lipinski definition) is 2. The van der Waals surface area contributed by atoms with Crippen LogP contribution in [0.5, 0.6) is 0 Å². The number of nitrogens with one attached hydrogen (secondary N) is 1. The van der Waals surface area contributed by atoms with E-state index in [9.17, 15) is 8.78 Å². The highest BCUT2D eigenvalue weighted by atomic mass is 19.1. The molecule has 0 heterocycles. The summed E-state index contributed by atoms with van der Waals surface area (Å²) >= 11 is 0. The summed E-state index contributed by atoms with van der Waals surface area (Å²) < 4.78 is 25.6. The fourth-order valence-electron chi connectivity index (χ4n) is 1.36. The zero-order valence-electron chi connectivity index (χ0n) is 8.76. The highest BCUT2D eigenvalue weighted by molar-refractivity contribution is 5.17. The third-order valence-corrected chi connectivity index (χ3v) is 2.18. The van der Waals surface area contributed by atoms with Gasteiger partial charge in [-0.05, 0) is 37.6 Å². The van der Waals surface area contributed by atoms with Crippen LogP contribution in [0.1, 0.15) is 18.9 Å². The highest BCUT2D eigenvalue weighted by Crippen LogP contribution is 2.07. The predicted octanol–water partition coefficient (Wildman–Crippen LogP) is 1.79. The van der Waals surface area contributed by atoms with Crippen molar-refractivity contribution in [1.82, 2.24) is 5.32 Å². The molecule has 0 aromatic heterocycles. The Morgan fingerprint density at radius 2 is 1.87 bits per heavy atom. The van der Waals surface area contributed by atoms with Crippen molar-refractivity contribution in [2.45, 2.75) is 25.9 Å². The zero-order chi connectivity index (χ0) is 11.3. The lowest BCUT2D eigenvalue weighted by Gasteiger charge is -2.12. The van der Waals surface area contributed by atoms with E-state index >= 15 is 0 Å². The Morgan fingerprint density at radius 3 is 2.40 bits per heavy atom. The minimum atomic E-state index is -0.543. The second-order valence-electron chi connectivity index (χ2n) is 3.64. The van der Waals surface area contributed by atoms with Gasteiger partial charge in [0, 0.05) is 18.7 Å². The largest absolute Gasteiger partial charge is 0.330 e. The third kappa shape index (κ3) is 4.36. The molecule has 1 aromatic rings. The Morgan fingerprint density at radius 1 is 1.27 bits per heavy atom. The van der Waals surface area contributed by atoms with Gasteiger partial charge in [0.25, 0.3) is 0 Å². The molecule has 0 aliphatic heterocycles. The van der Waals surface area contributed by atoms with E-state index in [1.807, 2.05) is 6.92 Å². The Bertz CT molecular complexity index is 295. The molecule has 0 fully saturated rings. The van der Waals surface area contributed by atoms with Gasteiger partial charge in [-0.1, -0.05) is 0 Å². The molecule has 0 amide bonds. The van der Waals surface area contributed by atoms with Crippen LogP contribution in [0.25, 0.3) is 0 Å². The maximum absolute atomic E-state index is 12.8. The Balaban J connectivity index is 2.50. The second kappa shape index (κ2) is 5.78. The highest BCUT2D eigenvalue weighted by Gasteiger charge is 2.03. The molecule has 2 nitrogen and oxygen atoms in total. The zero-order valence-corrected chi connectivity index (χ0v) is 8.76. The molecule has 0 radical (unpaired) electrons. The van der Waals surface area contributed by atoms with Crippen LogP contribution in [-0.4, -0.2) is 12.6 Å². The maximum atomic E-state index is 12.8. The molecular formula is C11H16F2N2. The molecule has 84 valence electrons. The molecule has 3 N–H and O–H groups in total. The molecule has 0 saturated carbocycles. The van der Waals surface area contributed by atoms with E-state index in [0.29, 0.717) is 18.7 Å². The van der Waals surface area contributed by atoms with Gasteiger partial charge in [-0.2, -0.15) is 0 Å². The first kappa shape index (κ1) is 12.1. The predicted molar refractivity (Wildman–Crippen MR) is 56.3 cm³/mol. The molecule has 0 spiro atoms. The maximum Gasteiger partial charge on any atom is 0.126 e. The first-order chi connectivity index (χ1) is 7.11. The summed E-state index contributed by atoms with van der Waals surface area (Å²) in [6, 6.07) is 3.77. The van der Waals surface area contributed by atoms with Crippen LogP contribution in [0, 0.1) is 11.6 Å². The minimum Gasteiger partial charge on any atom is -0.330 e. The fourth-order valence-corrected chi connectivity index (χ4v) is 1.36. The molecule has 0 saturated heterocycles. The van der Waals surface area contributed by atoms with E-state index in [2.05, 4.69) is 5.32 Å². The van der Waals surface area contributed by atoms with Crippen LogP contribution >= 0.6 is 0 Å². The third-order valence-electron chi connectivity index (χ3n) is 2.18. The lowest BCUT2D eigenvalue weighted by molar-refractivity contribution is 0.514. The van der Waals surface area contributed by atoms with Gasteiger partial charge in [-0.25, -0.2) is 8.78 Å². The van der Waals surface area contributed by atoms with Gasteiger partial charge in [0.2, 0.25) is 0 Å². The van der Waals surface area contributed by atoms with Crippen molar-refractivity contribution >= 4 is 0 Å². The van der Waals surface area contributed by atoms with E-state index in [4.69, 9.17) is 5.73 Å². The average Bonchev–Trinajstić information content (AvgIpc) is 2.14. The number of halogens is 2. The normalized spacial score (nSPS) is 12.8. The molecule has 1 unspecified atom stereocenters. The number of nitrogens with two attached hydrogens (primary N) is 1. The second-order valence-corrected chi connectivity index (χ2v) is 3.64. The smallest absolute Gasteiger partial charge is 0.126 e. The van der Waals surface area contributed by atoms with E-state index in [1.54, 1.807) is 0 Å². The topological polar surface area (TPSA) is 38.0 Å². The quantitative estimate of drug-likeness (QED) is 0.784. The van der Waals surface area contributed by atoms with Crippen molar-refractivity contribution in [3.8, 4) is 0 Å². The van der Waals surface area contributed by atoms with E-state index in [-0.39, 0.29) is 6.04 Å². The molecular weight excluding hydrogens is 198 g/mol. The Labute approximate surface area is 88.5 Å². The number of hydrogen-bond acceptors (Lipinski definition) is 2.